The molecule has 5 heteroatoms. The van der Waals surface area contributed by atoms with Crippen LogP contribution in [0.4, 0.5) is 0 Å². The molecule has 3 saturated heterocycles. The minimum atomic E-state index is -0.0489. The quantitative estimate of drug-likeness (QED) is 0.591. The summed E-state index contributed by atoms with van der Waals surface area (Å²) in [6.07, 6.45) is 6.95. The first-order chi connectivity index (χ1) is 9.33. The smallest absolute Gasteiger partial charge is 0.0939 e. The second-order valence-electron chi connectivity index (χ2n) is 6.18. The van der Waals surface area contributed by atoms with Crippen LogP contribution >= 0.6 is 0 Å². The van der Waals surface area contributed by atoms with Crippen molar-refractivity contribution in [2.24, 2.45) is 11.8 Å². The number of hydrogen-bond acceptors (Lipinski definition) is 5. The average molecular weight is 270 g/mol. The predicted molar refractivity (Wildman–Crippen MR) is 71.5 cm³/mol. The second-order valence-corrected chi connectivity index (χ2v) is 6.18. The highest BCUT2D eigenvalue weighted by atomic mass is 16.6. The summed E-state index contributed by atoms with van der Waals surface area (Å²) < 4.78 is 17.5. The van der Waals surface area contributed by atoms with E-state index in [0.717, 1.165) is 52.1 Å². The molecule has 0 aromatic rings. The van der Waals surface area contributed by atoms with Crippen molar-refractivity contribution in [1.82, 2.24) is 5.43 Å². The van der Waals surface area contributed by atoms with Gasteiger partial charge in [0.05, 0.1) is 24.4 Å². The lowest BCUT2D eigenvalue weighted by Gasteiger charge is -2.43. The first-order valence-electron chi connectivity index (χ1n) is 7.62. The van der Waals surface area contributed by atoms with Crippen LogP contribution in [0.2, 0.25) is 0 Å². The Hall–Kier alpha value is -0.200. The summed E-state index contributed by atoms with van der Waals surface area (Å²) in [5.41, 5.74) is 2.98. The fourth-order valence-corrected chi connectivity index (χ4v) is 3.83. The molecule has 0 bridgehead atoms. The van der Waals surface area contributed by atoms with E-state index in [1.165, 1.54) is 12.8 Å². The molecule has 3 heterocycles. The lowest BCUT2D eigenvalue weighted by molar-refractivity contribution is -0.116. The van der Waals surface area contributed by atoms with E-state index in [1.54, 1.807) is 0 Å². The Morgan fingerprint density at radius 1 is 1.16 bits per heavy atom. The molecule has 3 aliphatic heterocycles. The molecule has 0 radical (unpaired) electrons. The van der Waals surface area contributed by atoms with Crippen molar-refractivity contribution in [1.29, 1.82) is 0 Å². The lowest BCUT2D eigenvalue weighted by Crippen LogP contribution is -2.55. The Morgan fingerprint density at radius 3 is 2.79 bits per heavy atom. The molecule has 0 aromatic carbocycles. The maximum Gasteiger partial charge on any atom is 0.0939 e. The monoisotopic (exact) mass is 270 g/mol. The van der Waals surface area contributed by atoms with Gasteiger partial charge in [-0.2, -0.15) is 0 Å². The van der Waals surface area contributed by atoms with Gasteiger partial charge in [-0.15, -0.1) is 0 Å². The SMILES string of the molecule is NNC(C1CCOC2(CCOC2)C1)C1CCCCO1. The van der Waals surface area contributed by atoms with Gasteiger partial charge in [0.2, 0.25) is 0 Å². The van der Waals surface area contributed by atoms with E-state index in [-0.39, 0.29) is 17.7 Å². The number of ether oxygens (including phenoxy) is 3. The molecular weight excluding hydrogens is 244 g/mol. The van der Waals surface area contributed by atoms with Crippen LogP contribution in [0, 0.1) is 5.92 Å². The summed E-state index contributed by atoms with van der Waals surface area (Å²) >= 11 is 0. The molecule has 0 saturated carbocycles. The van der Waals surface area contributed by atoms with Gasteiger partial charge in [0, 0.05) is 26.2 Å². The zero-order chi connectivity index (χ0) is 13.1. The molecule has 3 N–H and O–H groups in total. The van der Waals surface area contributed by atoms with Gasteiger partial charge >= 0.3 is 0 Å². The van der Waals surface area contributed by atoms with Gasteiger partial charge in [0.15, 0.2) is 0 Å². The molecule has 110 valence electrons. The number of nitrogens with two attached hydrogens (primary N) is 1. The van der Waals surface area contributed by atoms with Crippen LogP contribution in [0.15, 0.2) is 0 Å². The van der Waals surface area contributed by atoms with Crippen LogP contribution in [0.25, 0.3) is 0 Å². The zero-order valence-electron chi connectivity index (χ0n) is 11.6. The molecule has 3 rings (SSSR count). The molecular formula is C14H26N2O3. The van der Waals surface area contributed by atoms with Crippen molar-refractivity contribution >= 4 is 0 Å². The predicted octanol–water partition coefficient (Wildman–Crippen LogP) is 0.973. The highest BCUT2D eigenvalue weighted by molar-refractivity contribution is 4.95. The van der Waals surface area contributed by atoms with E-state index < -0.39 is 0 Å². The third-order valence-corrected chi connectivity index (χ3v) is 4.91. The Labute approximate surface area is 115 Å². The second kappa shape index (κ2) is 6.06. The van der Waals surface area contributed by atoms with Gasteiger partial charge in [-0.25, -0.2) is 0 Å². The molecule has 0 amide bonds. The minimum absolute atomic E-state index is 0.0489. The third-order valence-electron chi connectivity index (χ3n) is 4.91. The highest BCUT2D eigenvalue weighted by Crippen LogP contribution is 2.38. The number of hydrazine groups is 1. The van der Waals surface area contributed by atoms with Crippen LogP contribution < -0.4 is 11.3 Å². The third kappa shape index (κ3) is 2.95. The zero-order valence-corrected chi connectivity index (χ0v) is 11.6. The molecule has 19 heavy (non-hydrogen) atoms. The van der Waals surface area contributed by atoms with Gasteiger partial charge in [0.1, 0.15) is 0 Å². The summed E-state index contributed by atoms with van der Waals surface area (Å²) in [5.74, 6) is 6.35. The minimum Gasteiger partial charge on any atom is -0.378 e. The van der Waals surface area contributed by atoms with Gasteiger partial charge in [-0.05, 0) is 38.0 Å². The lowest BCUT2D eigenvalue weighted by atomic mass is 9.78. The van der Waals surface area contributed by atoms with Crippen molar-refractivity contribution in [3.8, 4) is 0 Å². The summed E-state index contributed by atoms with van der Waals surface area (Å²) in [5, 5.41) is 0. The molecule has 1 spiro atoms. The van der Waals surface area contributed by atoms with E-state index in [4.69, 9.17) is 20.1 Å². The normalized spacial score (nSPS) is 41.5. The van der Waals surface area contributed by atoms with Crippen molar-refractivity contribution in [2.75, 3.05) is 26.4 Å². The largest absolute Gasteiger partial charge is 0.378 e. The molecule has 4 atom stereocenters. The summed E-state index contributed by atoms with van der Waals surface area (Å²) in [6, 6.07) is 0.252. The Bertz CT molecular complexity index is 288. The summed E-state index contributed by atoms with van der Waals surface area (Å²) in [4.78, 5) is 0. The van der Waals surface area contributed by atoms with E-state index >= 15 is 0 Å². The Balaban J connectivity index is 1.64. The number of hydrogen-bond donors (Lipinski definition) is 2. The van der Waals surface area contributed by atoms with Gasteiger partial charge in [-0.1, -0.05) is 0 Å². The maximum atomic E-state index is 6.00. The van der Waals surface area contributed by atoms with Crippen LogP contribution in [0.1, 0.15) is 38.5 Å². The Morgan fingerprint density at radius 2 is 2.11 bits per heavy atom. The molecule has 0 aliphatic carbocycles. The molecule has 3 aliphatic rings. The molecule has 4 unspecified atom stereocenters. The van der Waals surface area contributed by atoms with Crippen LogP contribution in [-0.2, 0) is 14.2 Å². The van der Waals surface area contributed by atoms with E-state index in [1.807, 2.05) is 0 Å². The number of nitrogens with one attached hydrogen (secondary N) is 1. The highest BCUT2D eigenvalue weighted by Gasteiger charge is 2.44. The molecule has 5 nitrogen and oxygen atoms in total. The fourth-order valence-electron chi connectivity index (χ4n) is 3.83. The van der Waals surface area contributed by atoms with E-state index in [2.05, 4.69) is 5.43 Å². The first-order valence-corrected chi connectivity index (χ1v) is 7.62. The van der Waals surface area contributed by atoms with Crippen molar-refractivity contribution in [3.63, 3.8) is 0 Å². The fraction of sp³-hybridized carbons (Fsp3) is 1.00. The molecule has 3 fully saturated rings. The summed E-state index contributed by atoms with van der Waals surface area (Å²) in [6.45, 7) is 3.26. The topological polar surface area (TPSA) is 65.7 Å². The standard InChI is InChI=1S/C14H26N2O3/c15-16-13(12-3-1-2-6-18-12)11-4-7-19-14(9-11)5-8-17-10-14/h11-13,16H,1-10,15H2. The maximum absolute atomic E-state index is 6.00. The Kier molecular flexibility index (Phi) is 4.39. The molecule has 0 aromatic heterocycles. The van der Waals surface area contributed by atoms with Crippen molar-refractivity contribution in [2.45, 2.75) is 56.3 Å². The van der Waals surface area contributed by atoms with E-state index in [0.29, 0.717) is 5.92 Å². The van der Waals surface area contributed by atoms with Gasteiger partial charge in [-0.3, -0.25) is 11.3 Å². The van der Waals surface area contributed by atoms with Crippen LogP contribution in [0.3, 0.4) is 0 Å². The average Bonchev–Trinajstić information content (AvgIpc) is 2.89. The van der Waals surface area contributed by atoms with Gasteiger partial charge < -0.3 is 14.2 Å². The van der Waals surface area contributed by atoms with Crippen molar-refractivity contribution in [3.05, 3.63) is 0 Å². The van der Waals surface area contributed by atoms with E-state index in [9.17, 15) is 0 Å². The number of rotatable bonds is 3. The van der Waals surface area contributed by atoms with Crippen LogP contribution in [0.5, 0.6) is 0 Å². The van der Waals surface area contributed by atoms with Gasteiger partial charge in [0.25, 0.3) is 0 Å². The van der Waals surface area contributed by atoms with Crippen LogP contribution in [-0.4, -0.2) is 44.2 Å². The first kappa shape index (κ1) is 13.8. The van der Waals surface area contributed by atoms with Crippen molar-refractivity contribution < 1.29 is 14.2 Å². The summed E-state index contributed by atoms with van der Waals surface area (Å²) in [7, 11) is 0.